The Hall–Kier alpha value is -1.21. The summed E-state index contributed by atoms with van der Waals surface area (Å²) in [5, 5.41) is 3.39. The zero-order valence-corrected chi connectivity index (χ0v) is 16.4. The topological polar surface area (TPSA) is 57.7 Å². The number of nitrogens with zero attached hydrogens (tertiary/aromatic N) is 3. The molecule has 6 nitrogen and oxygen atoms in total. The molecule has 1 N–H and O–H groups in total. The largest absolute Gasteiger partial charge is 0.373 e. The fourth-order valence-corrected chi connectivity index (χ4v) is 4.07. The second-order valence-electron chi connectivity index (χ2n) is 7.61. The van der Waals surface area contributed by atoms with Crippen LogP contribution in [0.1, 0.15) is 26.7 Å². The number of carbonyl (C=O) groups is 1. The quantitative estimate of drug-likeness (QED) is 0.850. The summed E-state index contributed by atoms with van der Waals surface area (Å²) in [4.78, 5) is 21.1. The molecule has 2 saturated heterocycles. The molecule has 0 aromatic carbocycles. The molecule has 0 saturated carbocycles. The molecule has 2 fully saturated rings. The predicted molar refractivity (Wildman–Crippen MR) is 103 cm³/mol. The molecule has 2 atom stereocenters. The van der Waals surface area contributed by atoms with Crippen molar-refractivity contribution in [3.8, 4) is 0 Å². The Balaban J connectivity index is 1.38. The maximum Gasteiger partial charge on any atom is 0.239 e. The number of carbonyl (C=O) groups excluding carboxylic acids is 1. The third-order valence-corrected chi connectivity index (χ3v) is 5.30. The van der Waals surface area contributed by atoms with Gasteiger partial charge in [-0.05, 0) is 57.8 Å². The standard InChI is InChI=1S/C19H29ClN4O2/c1-14-10-24(11-15(2)26-14)12-16-5-7-23(8-6-16)13-19(25)22-18-4-3-17(20)9-21-18/h3-4,9,14-16H,5-8,10-13H2,1-2H3,(H,21,22,25). The average Bonchev–Trinajstić information content (AvgIpc) is 2.58. The van der Waals surface area contributed by atoms with Gasteiger partial charge in [0.15, 0.2) is 0 Å². The van der Waals surface area contributed by atoms with Gasteiger partial charge >= 0.3 is 0 Å². The summed E-state index contributed by atoms with van der Waals surface area (Å²) >= 11 is 5.81. The Bertz CT molecular complexity index is 580. The van der Waals surface area contributed by atoms with Gasteiger partial charge in [0.1, 0.15) is 5.82 Å². The van der Waals surface area contributed by atoms with E-state index in [0.717, 1.165) is 45.6 Å². The summed E-state index contributed by atoms with van der Waals surface area (Å²) in [7, 11) is 0. The minimum Gasteiger partial charge on any atom is -0.373 e. The fourth-order valence-electron chi connectivity index (χ4n) is 3.96. The first kappa shape index (κ1) is 19.5. The van der Waals surface area contributed by atoms with Crippen molar-refractivity contribution in [3.05, 3.63) is 23.4 Å². The molecular weight excluding hydrogens is 352 g/mol. The highest BCUT2D eigenvalue weighted by Gasteiger charge is 2.27. The molecule has 3 rings (SSSR count). The number of hydrogen-bond donors (Lipinski definition) is 1. The lowest BCUT2D eigenvalue weighted by atomic mass is 9.95. The van der Waals surface area contributed by atoms with Crippen LogP contribution in [0.15, 0.2) is 18.3 Å². The molecule has 2 aliphatic heterocycles. The summed E-state index contributed by atoms with van der Waals surface area (Å²) in [6, 6.07) is 3.44. The number of hydrogen-bond acceptors (Lipinski definition) is 5. The smallest absolute Gasteiger partial charge is 0.239 e. The molecule has 2 aliphatic rings. The van der Waals surface area contributed by atoms with E-state index >= 15 is 0 Å². The maximum absolute atomic E-state index is 12.2. The maximum atomic E-state index is 12.2. The number of amides is 1. The van der Waals surface area contributed by atoms with E-state index in [1.165, 1.54) is 6.20 Å². The number of morpholine rings is 1. The van der Waals surface area contributed by atoms with E-state index in [9.17, 15) is 4.79 Å². The van der Waals surface area contributed by atoms with Gasteiger partial charge in [-0.2, -0.15) is 0 Å². The van der Waals surface area contributed by atoms with E-state index in [2.05, 4.69) is 33.9 Å². The first-order chi connectivity index (χ1) is 12.5. The molecular formula is C19H29ClN4O2. The second-order valence-corrected chi connectivity index (χ2v) is 8.04. The lowest BCUT2D eigenvalue weighted by Gasteiger charge is -2.39. The van der Waals surface area contributed by atoms with E-state index < -0.39 is 0 Å². The molecule has 26 heavy (non-hydrogen) atoms. The van der Waals surface area contributed by atoms with Crippen molar-refractivity contribution in [2.75, 3.05) is 44.6 Å². The van der Waals surface area contributed by atoms with E-state index in [1.54, 1.807) is 12.1 Å². The molecule has 1 aromatic heterocycles. The minimum atomic E-state index is -0.0194. The van der Waals surface area contributed by atoms with Crippen molar-refractivity contribution < 1.29 is 9.53 Å². The highest BCUT2D eigenvalue weighted by molar-refractivity contribution is 6.30. The van der Waals surface area contributed by atoms with Gasteiger partial charge in [-0.1, -0.05) is 11.6 Å². The van der Waals surface area contributed by atoms with Crippen LogP contribution >= 0.6 is 11.6 Å². The SMILES string of the molecule is CC1CN(CC2CCN(CC(=O)Nc3ccc(Cl)cn3)CC2)CC(C)O1. The molecule has 0 spiro atoms. The highest BCUT2D eigenvalue weighted by Crippen LogP contribution is 2.21. The van der Waals surface area contributed by atoms with Crippen molar-refractivity contribution in [2.45, 2.75) is 38.9 Å². The molecule has 0 bridgehead atoms. The molecule has 1 aromatic rings. The average molecular weight is 381 g/mol. The summed E-state index contributed by atoms with van der Waals surface area (Å²) in [6.45, 7) is 9.87. The minimum absolute atomic E-state index is 0.0194. The van der Waals surface area contributed by atoms with Crippen molar-refractivity contribution >= 4 is 23.3 Å². The zero-order valence-electron chi connectivity index (χ0n) is 15.7. The Morgan fingerprint density at radius 1 is 1.23 bits per heavy atom. The number of likely N-dealkylation sites (tertiary alicyclic amines) is 1. The Morgan fingerprint density at radius 3 is 2.54 bits per heavy atom. The molecule has 7 heteroatoms. The summed E-state index contributed by atoms with van der Waals surface area (Å²) in [5.41, 5.74) is 0. The van der Waals surface area contributed by atoms with Crippen LogP contribution in [-0.2, 0) is 9.53 Å². The number of nitrogens with one attached hydrogen (secondary N) is 1. The van der Waals surface area contributed by atoms with Crippen LogP contribution in [0.25, 0.3) is 0 Å². The van der Waals surface area contributed by atoms with E-state index in [4.69, 9.17) is 16.3 Å². The van der Waals surface area contributed by atoms with E-state index in [1.807, 2.05) is 0 Å². The van der Waals surface area contributed by atoms with Crippen LogP contribution < -0.4 is 5.32 Å². The first-order valence-electron chi connectivity index (χ1n) is 9.49. The number of pyridine rings is 1. The lowest BCUT2D eigenvalue weighted by molar-refractivity contribution is -0.117. The molecule has 0 radical (unpaired) electrons. The van der Waals surface area contributed by atoms with Gasteiger partial charge < -0.3 is 10.1 Å². The second kappa shape index (κ2) is 9.13. The molecule has 2 unspecified atom stereocenters. The van der Waals surface area contributed by atoms with Crippen molar-refractivity contribution in [1.82, 2.24) is 14.8 Å². The fraction of sp³-hybridized carbons (Fsp3) is 0.684. The van der Waals surface area contributed by atoms with Crippen LogP contribution in [0.4, 0.5) is 5.82 Å². The number of halogens is 1. The zero-order chi connectivity index (χ0) is 18.5. The Kier molecular flexibility index (Phi) is 6.86. The first-order valence-corrected chi connectivity index (χ1v) is 9.87. The van der Waals surface area contributed by atoms with Crippen LogP contribution in [0, 0.1) is 5.92 Å². The molecule has 3 heterocycles. The number of rotatable bonds is 5. The third kappa shape index (κ3) is 5.91. The van der Waals surface area contributed by atoms with Gasteiger partial charge in [0.25, 0.3) is 0 Å². The van der Waals surface area contributed by atoms with Gasteiger partial charge in [0, 0.05) is 25.8 Å². The summed E-state index contributed by atoms with van der Waals surface area (Å²) < 4.78 is 5.81. The van der Waals surface area contributed by atoms with Crippen molar-refractivity contribution in [2.24, 2.45) is 5.92 Å². The predicted octanol–water partition coefficient (Wildman–Crippen LogP) is 2.49. The molecule has 0 aliphatic carbocycles. The van der Waals surface area contributed by atoms with Crippen LogP contribution in [0.3, 0.4) is 0 Å². The number of anilines is 1. The monoisotopic (exact) mass is 380 g/mol. The Morgan fingerprint density at radius 2 is 1.92 bits per heavy atom. The van der Waals surface area contributed by atoms with Gasteiger partial charge in [-0.3, -0.25) is 14.6 Å². The molecule has 1 amide bonds. The number of ether oxygens (including phenoxy) is 1. The van der Waals surface area contributed by atoms with Crippen LogP contribution in [0.5, 0.6) is 0 Å². The molecule has 144 valence electrons. The van der Waals surface area contributed by atoms with Crippen molar-refractivity contribution in [1.29, 1.82) is 0 Å². The van der Waals surface area contributed by atoms with E-state index in [-0.39, 0.29) is 5.91 Å². The van der Waals surface area contributed by atoms with Crippen LogP contribution in [-0.4, -0.2) is 72.2 Å². The highest BCUT2D eigenvalue weighted by atomic mass is 35.5. The van der Waals surface area contributed by atoms with Gasteiger partial charge in [-0.25, -0.2) is 4.98 Å². The van der Waals surface area contributed by atoms with Gasteiger partial charge in [0.2, 0.25) is 5.91 Å². The third-order valence-electron chi connectivity index (χ3n) is 5.08. The lowest BCUT2D eigenvalue weighted by Crippen LogP contribution is -2.48. The van der Waals surface area contributed by atoms with Crippen molar-refractivity contribution in [3.63, 3.8) is 0 Å². The summed E-state index contributed by atoms with van der Waals surface area (Å²) in [6.07, 6.45) is 4.47. The number of aromatic nitrogens is 1. The van der Waals surface area contributed by atoms with E-state index in [0.29, 0.717) is 35.5 Å². The normalized spacial score (nSPS) is 26.0. The van der Waals surface area contributed by atoms with Gasteiger partial charge in [-0.15, -0.1) is 0 Å². The Labute approximate surface area is 160 Å². The number of piperidine rings is 1. The van der Waals surface area contributed by atoms with Gasteiger partial charge in [0.05, 0.1) is 23.8 Å². The van der Waals surface area contributed by atoms with Crippen LogP contribution in [0.2, 0.25) is 5.02 Å². The summed E-state index contributed by atoms with van der Waals surface area (Å²) in [5.74, 6) is 1.24.